The zero-order valence-corrected chi connectivity index (χ0v) is 11.5. The van der Waals surface area contributed by atoms with Gasteiger partial charge >= 0.3 is 0 Å². The van der Waals surface area contributed by atoms with Crippen molar-refractivity contribution in [1.29, 1.82) is 0 Å². The van der Waals surface area contributed by atoms with E-state index in [-0.39, 0.29) is 5.91 Å². The van der Waals surface area contributed by atoms with Gasteiger partial charge in [-0.15, -0.1) is 11.3 Å². The predicted octanol–water partition coefficient (Wildman–Crippen LogP) is 2.95. The van der Waals surface area contributed by atoms with Crippen molar-refractivity contribution < 1.29 is 9.53 Å². The third kappa shape index (κ3) is 2.46. The second-order valence-corrected chi connectivity index (χ2v) is 4.98. The summed E-state index contributed by atoms with van der Waals surface area (Å²) in [6.07, 6.45) is 0. The summed E-state index contributed by atoms with van der Waals surface area (Å²) in [7, 11) is 1.55. The van der Waals surface area contributed by atoms with Crippen LogP contribution in [0.15, 0.2) is 41.8 Å². The number of anilines is 1. The molecule has 0 radical (unpaired) electrons. The summed E-state index contributed by atoms with van der Waals surface area (Å²) in [5.41, 5.74) is 0.535. The summed E-state index contributed by atoms with van der Waals surface area (Å²) in [6, 6.07) is 10.9. The molecule has 0 aromatic carbocycles. The van der Waals surface area contributed by atoms with Crippen molar-refractivity contribution in [3.05, 3.63) is 46.7 Å². The molecule has 1 amide bonds. The lowest BCUT2D eigenvalue weighted by atomic mass is 10.3. The highest BCUT2D eigenvalue weighted by Gasteiger charge is 2.08. The summed E-state index contributed by atoms with van der Waals surface area (Å²) < 4.78 is 5.07. The van der Waals surface area contributed by atoms with E-state index in [0.717, 1.165) is 5.39 Å². The number of methoxy groups -OCH3 is 1. The fourth-order valence-electron chi connectivity index (χ4n) is 1.75. The van der Waals surface area contributed by atoms with Crippen molar-refractivity contribution in [2.75, 3.05) is 12.4 Å². The number of nitrogens with zero attached hydrogens (tertiary/aromatic N) is 2. The molecule has 0 unspecified atom stereocenters. The average molecular weight is 285 g/mol. The van der Waals surface area contributed by atoms with Crippen LogP contribution in [0.5, 0.6) is 5.88 Å². The van der Waals surface area contributed by atoms with Gasteiger partial charge in [-0.2, -0.15) is 4.98 Å². The lowest BCUT2D eigenvalue weighted by molar-refractivity contribution is 0.103. The molecule has 0 aliphatic heterocycles. The Kier molecular flexibility index (Phi) is 3.30. The van der Waals surface area contributed by atoms with Crippen LogP contribution in [0.2, 0.25) is 0 Å². The standard InChI is InChI=1S/C14H11N3O2S/c1-19-12-7-5-9-4-6-11(15-13(9)17-12)16-14(18)10-3-2-8-20-10/h2-8H,1H3,(H,15,16,17,18). The van der Waals surface area contributed by atoms with Crippen molar-refractivity contribution in [3.8, 4) is 5.88 Å². The quantitative estimate of drug-likeness (QED) is 0.803. The van der Waals surface area contributed by atoms with Gasteiger partial charge < -0.3 is 10.1 Å². The molecule has 3 rings (SSSR count). The van der Waals surface area contributed by atoms with E-state index in [9.17, 15) is 4.79 Å². The number of rotatable bonds is 3. The molecular formula is C14H11N3O2S. The Morgan fingerprint density at radius 3 is 2.80 bits per heavy atom. The molecule has 3 aromatic heterocycles. The second-order valence-electron chi connectivity index (χ2n) is 4.03. The van der Waals surface area contributed by atoms with Crippen LogP contribution in [0.4, 0.5) is 5.82 Å². The van der Waals surface area contributed by atoms with E-state index in [1.807, 2.05) is 23.6 Å². The van der Waals surface area contributed by atoms with E-state index in [0.29, 0.717) is 22.2 Å². The van der Waals surface area contributed by atoms with Crippen molar-refractivity contribution in [3.63, 3.8) is 0 Å². The van der Waals surface area contributed by atoms with E-state index in [1.165, 1.54) is 11.3 Å². The van der Waals surface area contributed by atoms with Crippen LogP contribution in [0, 0.1) is 0 Å². The normalized spacial score (nSPS) is 10.4. The topological polar surface area (TPSA) is 64.1 Å². The Morgan fingerprint density at radius 1 is 1.20 bits per heavy atom. The Morgan fingerprint density at radius 2 is 2.05 bits per heavy atom. The smallest absolute Gasteiger partial charge is 0.266 e. The fourth-order valence-corrected chi connectivity index (χ4v) is 2.37. The maximum absolute atomic E-state index is 11.9. The van der Waals surface area contributed by atoms with Crippen LogP contribution < -0.4 is 10.1 Å². The number of aromatic nitrogens is 2. The number of hydrogen-bond donors (Lipinski definition) is 1. The molecule has 3 heterocycles. The number of carbonyl (C=O) groups excluding carboxylic acids is 1. The monoisotopic (exact) mass is 285 g/mol. The Balaban J connectivity index is 1.90. The maximum atomic E-state index is 11.9. The molecule has 5 nitrogen and oxygen atoms in total. The van der Waals surface area contributed by atoms with Gasteiger partial charge in [0.05, 0.1) is 12.0 Å². The molecule has 0 atom stereocenters. The molecule has 0 aliphatic rings. The number of thiophene rings is 1. The number of pyridine rings is 2. The number of nitrogens with one attached hydrogen (secondary N) is 1. The van der Waals surface area contributed by atoms with Gasteiger partial charge in [-0.25, -0.2) is 4.98 Å². The number of fused-ring (bicyclic) bond motifs is 1. The number of amides is 1. The summed E-state index contributed by atoms with van der Waals surface area (Å²) >= 11 is 1.38. The van der Waals surface area contributed by atoms with Crippen LogP contribution in [0.3, 0.4) is 0 Å². The lowest BCUT2D eigenvalue weighted by Crippen LogP contribution is -2.11. The van der Waals surface area contributed by atoms with Gasteiger partial charge in [0.15, 0.2) is 5.65 Å². The van der Waals surface area contributed by atoms with E-state index in [1.54, 1.807) is 25.3 Å². The first kappa shape index (κ1) is 12.6. The van der Waals surface area contributed by atoms with E-state index < -0.39 is 0 Å². The maximum Gasteiger partial charge on any atom is 0.266 e. The molecule has 0 aliphatic carbocycles. The summed E-state index contributed by atoms with van der Waals surface area (Å²) in [5.74, 6) is 0.790. The Bertz CT molecular complexity index is 756. The molecule has 0 saturated heterocycles. The minimum Gasteiger partial charge on any atom is -0.481 e. The molecule has 6 heteroatoms. The highest BCUT2D eigenvalue weighted by Crippen LogP contribution is 2.18. The van der Waals surface area contributed by atoms with Crippen molar-refractivity contribution in [2.45, 2.75) is 0 Å². The molecule has 0 saturated carbocycles. The summed E-state index contributed by atoms with van der Waals surface area (Å²) in [6.45, 7) is 0. The van der Waals surface area contributed by atoms with Crippen LogP contribution in [0.25, 0.3) is 11.0 Å². The van der Waals surface area contributed by atoms with Crippen molar-refractivity contribution >= 4 is 34.1 Å². The van der Waals surface area contributed by atoms with Gasteiger partial charge in [-0.1, -0.05) is 6.07 Å². The molecule has 0 fully saturated rings. The zero-order valence-electron chi connectivity index (χ0n) is 10.7. The van der Waals surface area contributed by atoms with E-state index in [4.69, 9.17) is 4.74 Å². The fraction of sp³-hybridized carbons (Fsp3) is 0.0714. The predicted molar refractivity (Wildman–Crippen MR) is 78.4 cm³/mol. The Hall–Kier alpha value is -2.47. The van der Waals surface area contributed by atoms with E-state index >= 15 is 0 Å². The third-order valence-corrected chi connectivity index (χ3v) is 3.59. The SMILES string of the molecule is COc1ccc2ccc(NC(=O)c3cccs3)nc2n1. The minimum absolute atomic E-state index is 0.172. The molecular weight excluding hydrogens is 274 g/mol. The van der Waals surface area contributed by atoms with Gasteiger partial charge in [-0.3, -0.25) is 4.79 Å². The molecule has 100 valence electrons. The summed E-state index contributed by atoms with van der Waals surface area (Å²) in [4.78, 5) is 21.2. The number of carbonyl (C=O) groups is 1. The zero-order chi connectivity index (χ0) is 13.9. The molecule has 3 aromatic rings. The van der Waals surface area contributed by atoms with Crippen molar-refractivity contribution in [1.82, 2.24) is 9.97 Å². The first-order valence-corrected chi connectivity index (χ1v) is 6.81. The lowest BCUT2D eigenvalue weighted by Gasteiger charge is -2.05. The van der Waals surface area contributed by atoms with Crippen molar-refractivity contribution in [2.24, 2.45) is 0 Å². The Labute approximate surface area is 119 Å². The summed E-state index contributed by atoms with van der Waals surface area (Å²) in [5, 5.41) is 5.50. The average Bonchev–Trinajstić information content (AvgIpc) is 3.00. The molecule has 0 bridgehead atoms. The minimum atomic E-state index is -0.172. The van der Waals surface area contributed by atoms with Crippen LogP contribution in [-0.4, -0.2) is 23.0 Å². The second kappa shape index (κ2) is 5.26. The van der Waals surface area contributed by atoms with Crippen LogP contribution in [-0.2, 0) is 0 Å². The molecule has 0 spiro atoms. The first-order valence-electron chi connectivity index (χ1n) is 5.93. The van der Waals surface area contributed by atoms with Gasteiger partial charge in [0, 0.05) is 11.5 Å². The van der Waals surface area contributed by atoms with E-state index in [2.05, 4.69) is 15.3 Å². The van der Waals surface area contributed by atoms with Gasteiger partial charge in [-0.05, 0) is 29.6 Å². The molecule has 1 N–H and O–H groups in total. The highest BCUT2D eigenvalue weighted by molar-refractivity contribution is 7.12. The third-order valence-electron chi connectivity index (χ3n) is 2.72. The first-order chi connectivity index (χ1) is 9.76. The van der Waals surface area contributed by atoms with Gasteiger partial charge in [0.1, 0.15) is 5.82 Å². The van der Waals surface area contributed by atoms with Gasteiger partial charge in [0.2, 0.25) is 5.88 Å². The number of ether oxygens (including phenoxy) is 1. The van der Waals surface area contributed by atoms with Crippen LogP contribution in [0.1, 0.15) is 9.67 Å². The van der Waals surface area contributed by atoms with Crippen LogP contribution >= 0.6 is 11.3 Å². The number of hydrogen-bond acceptors (Lipinski definition) is 5. The highest BCUT2D eigenvalue weighted by atomic mass is 32.1. The molecule has 20 heavy (non-hydrogen) atoms. The largest absolute Gasteiger partial charge is 0.481 e. The van der Waals surface area contributed by atoms with Gasteiger partial charge in [0.25, 0.3) is 5.91 Å².